The number of nitrogens with zero attached hydrogens (tertiary/aromatic N) is 4. The highest BCUT2D eigenvalue weighted by atomic mass is 16.2. The molecule has 1 N–H and O–H groups in total. The van der Waals surface area contributed by atoms with Crippen LogP contribution in [0, 0.1) is 11.8 Å². The van der Waals surface area contributed by atoms with Crippen molar-refractivity contribution in [2.24, 2.45) is 16.8 Å². The van der Waals surface area contributed by atoms with Gasteiger partial charge in [-0.05, 0) is 37.5 Å². The molecule has 2 rings (SSSR count). The third-order valence-electron chi connectivity index (χ3n) is 6.21. The van der Waals surface area contributed by atoms with Gasteiger partial charge in [-0.2, -0.15) is 0 Å². The quantitative estimate of drug-likeness (QED) is 0.372. The molecule has 2 aliphatic rings. The lowest BCUT2D eigenvalue weighted by molar-refractivity contribution is -0.140. The van der Waals surface area contributed by atoms with Crippen molar-refractivity contribution in [3.63, 3.8) is 0 Å². The molecule has 2 fully saturated rings. The number of nitrogens with one attached hydrogen (secondary N) is 1. The SMILES string of the molecule is CN=C(NCCCCCC(=O)N1CCN(C(=O)CC(C)C)CC1)N1CCC(C)CC1. The summed E-state index contributed by atoms with van der Waals surface area (Å²) >= 11 is 0. The molecule has 0 radical (unpaired) electrons. The Balaban J connectivity index is 1.54. The first-order chi connectivity index (χ1) is 14.4. The lowest BCUT2D eigenvalue weighted by atomic mass is 10.00. The van der Waals surface area contributed by atoms with Gasteiger partial charge in [-0.25, -0.2) is 0 Å². The normalized spacial score (nSPS) is 18.8. The van der Waals surface area contributed by atoms with Crippen molar-refractivity contribution in [1.29, 1.82) is 0 Å². The second-order valence-electron chi connectivity index (χ2n) is 9.31. The predicted octanol–water partition coefficient (Wildman–Crippen LogP) is 2.57. The Morgan fingerprint density at radius 1 is 0.900 bits per heavy atom. The van der Waals surface area contributed by atoms with E-state index in [2.05, 4.69) is 36.0 Å². The number of hydrogen-bond acceptors (Lipinski definition) is 3. The zero-order valence-electron chi connectivity index (χ0n) is 19.7. The average Bonchev–Trinajstić information content (AvgIpc) is 2.73. The predicted molar refractivity (Wildman–Crippen MR) is 122 cm³/mol. The van der Waals surface area contributed by atoms with Crippen molar-refractivity contribution in [2.45, 2.75) is 65.7 Å². The molecule has 7 heteroatoms. The smallest absolute Gasteiger partial charge is 0.222 e. The minimum atomic E-state index is 0.221. The first-order valence-electron chi connectivity index (χ1n) is 11.9. The highest BCUT2D eigenvalue weighted by Crippen LogP contribution is 2.16. The molecule has 0 aromatic heterocycles. The highest BCUT2D eigenvalue weighted by Gasteiger charge is 2.24. The van der Waals surface area contributed by atoms with E-state index < -0.39 is 0 Å². The van der Waals surface area contributed by atoms with Crippen molar-refractivity contribution in [1.82, 2.24) is 20.0 Å². The summed E-state index contributed by atoms with van der Waals surface area (Å²) < 4.78 is 0. The van der Waals surface area contributed by atoms with Crippen molar-refractivity contribution in [3.05, 3.63) is 0 Å². The van der Waals surface area contributed by atoms with E-state index in [-0.39, 0.29) is 11.8 Å². The van der Waals surface area contributed by atoms with E-state index in [4.69, 9.17) is 0 Å². The van der Waals surface area contributed by atoms with Crippen LogP contribution < -0.4 is 5.32 Å². The number of unbranched alkanes of at least 4 members (excludes halogenated alkanes) is 2. The monoisotopic (exact) mass is 421 g/mol. The molecule has 2 aliphatic heterocycles. The van der Waals surface area contributed by atoms with E-state index in [9.17, 15) is 9.59 Å². The summed E-state index contributed by atoms with van der Waals surface area (Å²) in [6, 6.07) is 0. The zero-order chi connectivity index (χ0) is 21.9. The van der Waals surface area contributed by atoms with Crippen molar-refractivity contribution in [2.75, 3.05) is 52.9 Å². The Hall–Kier alpha value is -1.79. The minimum absolute atomic E-state index is 0.221. The number of piperazine rings is 1. The standard InChI is InChI=1S/C23H43N5O2/c1-19(2)18-22(30)27-16-14-26(15-17-27)21(29)8-6-5-7-11-25-23(24-4)28-12-9-20(3)10-13-28/h19-20H,5-18H2,1-4H3,(H,24,25). The van der Waals surface area contributed by atoms with Gasteiger partial charge < -0.3 is 20.0 Å². The molecule has 0 spiro atoms. The summed E-state index contributed by atoms with van der Waals surface area (Å²) in [5, 5.41) is 3.48. The van der Waals surface area contributed by atoms with E-state index in [1.54, 1.807) is 0 Å². The Kier molecular flexibility index (Phi) is 10.4. The molecule has 0 bridgehead atoms. The molecule has 0 saturated carbocycles. The minimum Gasteiger partial charge on any atom is -0.356 e. The number of carbonyl (C=O) groups is 2. The fourth-order valence-corrected chi connectivity index (χ4v) is 4.17. The lowest BCUT2D eigenvalue weighted by Gasteiger charge is -2.35. The van der Waals surface area contributed by atoms with Gasteiger partial charge >= 0.3 is 0 Å². The molecule has 0 unspecified atom stereocenters. The first-order valence-corrected chi connectivity index (χ1v) is 11.9. The largest absolute Gasteiger partial charge is 0.356 e. The molecule has 2 heterocycles. The topological polar surface area (TPSA) is 68.2 Å². The molecule has 172 valence electrons. The molecule has 7 nitrogen and oxygen atoms in total. The van der Waals surface area contributed by atoms with Crippen LogP contribution in [0.2, 0.25) is 0 Å². The molecule has 0 aromatic carbocycles. The number of rotatable bonds is 8. The van der Waals surface area contributed by atoms with Crippen LogP contribution >= 0.6 is 0 Å². The first kappa shape index (κ1) is 24.5. The van der Waals surface area contributed by atoms with Gasteiger partial charge in [-0.15, -0.1) is 0 Å². The maximum Gasteiger partial charge on any atom is 0.222 e. The van der Waals surface area contributed by atoms with E-state index >= 15 is 0 Å². The fraction of sp³-hybridized carbons (Fsp3) is 0.870. The number of carbonyl (C=O) groups excluding carboxylic acids is 2. The number of aliphatic imine (C=N–C) groups is 1. The Bertz CT molecular complexity index is 562. The molecule has 2 saturated heterocycles. The van der Waals surface area contributed by atoms with Gasteiger partial charge in [0.1, 0.15) is 0 Å². The van der Waals surface area contributed by atoms with Gasteiger partial charge in [0.25, 0.3) is 0 Å². The fourth-order valence-electron chi connectivity index (χ4n) is 4.17. The number of piperidine rings is 1. The third-order valence-corrected chi connectivity index (χ3v) is 6.21. The summed E-state index contributed by atoms with van der Waals surface area (Å²) in [6.07, 6.45) is 6.70. The summed E-state index contributed by atoms with van der Waals surface area (Å²) in [4.78, 5) is 35.2. The Morgan fingerprint density at radius 2 is 1.50 bits per heavy atom. The van der Waals surface area contributed by atoms with Crippen LogP contribution in [0.3, 0.4) is 0 Å². The van der Waals surface area contributed by atoms with Crippen molar-refractivity contribution >= 4 is 17.8 Å². The molecule has 2 amide bonds. The van der Waals surface area contributed by atoms with E-state index in [0.29, 0.717) is 44.9 Å². The number of hydrogen-bond donors (Lipinski definition) is 1. The molecule has 0 aromatic rings. The number of guanidine groups is 1. The van der Waals surface area contributed by atoms with Gasteiger partial charge in [0.15, 0.2) is 5.96 Å². The van der Waals surface area contributed by atoms with Crippen molar-refractivity contribution in [3.8, 4) is 0 Å². The summed E-state index contributed by atoms with van der Waals surface area (Å²) in [5.41, 5.74) is 0. The van der Waals surface area contributed by atoms with Crippen LogP contribution in [0.4, 0.5) is 0 Å². The highest BCUT2D eigenvalue weighted by molar-refractivity contribution is 5.80. The molecular weight excluding hydrogens is 378 g/mol. The van der Waals surface area contributed by atoms with Gasteiger partial charge in [0.05, 0.1) is 0 Å². The summed E-state index contributed by atoms with van der Waals surface area (Å²) in [5.74, 6) is 2.67. The molecule has 30 heavy (non-hydrogen) atoms. The van der Waals surface area contributed by atoms with E-state index in [1.807, 2.05) is 16.8 Å². The average molecular weight is 422 g/mol. The zero-order valence-corrected chi connectivity index (χ0v) is 19.7. The summed E-state index contributed by atoms with van der Waals surface area (Å²) in [6.45, 7) is 12.2. The van der Waals surface area contributed by atoms with Crippen LogP contribution in [0.15, 0.2) is 4.99 Å². The van der Waals surface area contributed by atoms with Crippen LogP contribution in [0.25, 0.3) is 0 Å². The molecular formula is C23H43N5O2. The van der Waals surface area contributed by atoms with Crippen LogP contribution in [0.5, 0.6) is 0 Å². The van der Waals surface area contributed by atoms with E-state index in [0.717, 1.165) is 50.8 Å². The maximum absolute atomic E-state index is 12.5. The van der Waals surface area contributed by atoms with Gasteiger partial charge in [0, 0.05) is 65.7 Å². The van der Waals surface area contributed by atoms with Crippen LogP contribution in [-0.2, 0) is 9.59 Å². The van der Waals surface area contributed by atoms with Gasteiger partial charge in [-0.1, -0.05) is 27.2 Å². The second-order valence-corrected chi connectivity index (χ2v) is 9.31. The Morgan fingerprint density at radius 3 is 2.07 bits per heavy atom. The number of likely N-dealkylation sites (tertiary alicyclic amines) is 1. The molecule has 0 aliphatic carbocycles. The van der Waals surface area contributed by atoms with E-state index in [1.165, 1.54) is 12.8 Å². The number of amides is 2. The van der Waals surface area contributed by atoms with Gasteiger partial charge in [-0.3, -0.25) is 14.6 Å². The van der Waals surface area contributed by atoms with Crippen molar-refractivity contribution < 1.29 is 9.59 Å². The molecule has 0 atom stereocenters. The second kappa shape index (κ2) is 12.8. The van der Waals surface area contributed by atoms with Crippen LogP contribution in [0.1, 0.15) is 65.7 Å². The summed E-state index contributed by atoms with van der Waals surface area (Å²) in [7, 11) is 1.86. The third kappa shape index (κ3) is 8.15. The lowest BCUT2D eigenvalue weighted by Crippen LogP contribution is -2.50. The maximum atomic E-state index is 12.5. The van der Waals surface area contributed by atoms with Crippen LogP contribution in [-0.4, -0.2) is 85.3 Å². The van der Waals surface area contributed by atoms with Gasteiger partial charge in [0.2, 0.25) is 11.8 Å². The Labute approximate surface area is 183 Å².